The maximum absolute atomic E-state index is 12.7. The summed E-state index contributed by atoms with van der Waals surface area (Å²) in [6.45, 7) is 3.48. The van der Waals surface area contributed by atoms with E-state index >= 15 is 0 Å². The van der Waals surface area contributed by atoms with Crippen LogP contribution < -0.4 is 20.5 Å². The Morgan fingerprint density at radius 1 is 1.07 bits per heavy atom. The van der Waals surface area contributed by atoms with E-state index in [0.717, 1.165) is 16.0 Å². The third kappa shape index (κ3) is 4.80. The topological polar surface area (TPSA) is 90.7 Å². The number of benzene rings is 2. The van der Waals surface area contributed by atoms with Gasteiger partial charge in [0, 0.05) is 11.3 Å². The fraction of sp³-hybridized carbons (Fsp3) is 0.217. The number of thiophene rings is 1. The zero-order chi connectivity index (χ0) is 21.7. The molecule has 0 aliphatic rings. The van der Waals surface area contributed by atoms with Gasteiger partial charge in [0.25, 0.3) is 11.8 Å². The average Bonchev–Trinajstić information content (AvgIpc) is 3.03. The molecule has 0 unspecified atom stereocenters. The number of amides is 2. The number of methoxy groups -OCH3 is 1. The number of hydrogen-bond donors (Lipinski definition) is 2. The first-order valence-electron chi connectivity index (χ1n) is 9.47. The first-order valence-corrected chi connectivity index (χ1v) is 10.3. The second kappa shape index (κ2) is 9.45. The second-order valence-corrected chi connectivity index (χ2v) is 7.89. The molecule has 0 aliphatic carbocycles. The number of carbonyl (C=O) groups excluding carboxylic acids is 2. The molecule has 3 N–H and O–H groups in total. The predicted molar refractivity (Wildman–Crippen MR) is 119 cm³/mol. The molecular weight excluding hydrogens is 400 g/mol. The molecule has 0 bridgehead atoms. The van der Waals surface area contributed by atoms with Gasteiger partial charge < -0.3 is 20.5 Å². The van der Waals surface area contributed by atoms with Gasteiger partial charge in [-0.1, -0.05) is 42.5 Å². The summed E-state index contributed by atoms with van der Waals surface area (Å²) in [5.41, 5.74) is 7.84. The SMILES string of the molecule is COc1ccccc1O[C@H](C)C(=O)Nc1sc(Cc2ccccc2)c(C)c1C(N)=O. The molecule has 0 spiro atoms. The van der Waals surface area contributed by atoms with Gasteiger partial charge in [0.1, 0.15) is 5.00 Å². The lowest BCUT2D eigenvalue weighted by Crippen LogP contribution is -2.30. The first kappa shape index (κ1) is 21.4. The average molecular weight is 425 g/mol. The largest absolute Gasteiger partial charge is 0.493 e. The van der Waals surface area contributed by atoms with E-state index in [1.54, 1.807) is 25.1 Å². The van der Waals surface area contributed by atoms with Gasteiger partial charge in [-0.2, -0.15) is 0 Å². The summed E-state index contributed by atoms with van der Waals surface area (Å²) in [6, 6.07) is 17.0. The number of para-hydroxylation sites is 2. The van der Waals surface area contributed by atoms with Crippen LogP contribution in [0.15, 0.2) is 54.6 Å². The van der Waals surface area contributed by atoms with Crippen molar-refractivity contribution in [1.82, 2.24) is 0 Å². The summed E-state index contributed by atoms with van der Waals surface area (Å²) in [4.78, 5) is 25.8. The van der Waals surface area contributed by atoms with Crippen molar-refractivity contribution < 1.29 is 19.1 Å². The van der Waals surface area contributed by atoms with E-state index in [9.17, 15) is 9.59 Å². The van der Waals surface area contributed by atoms with Crippen molar-refractivity contribution in [2.24, 2.45) is 5.73 Å². The van der Waals surface area contributed by atoms with E-state index in [1.165, 1.54) is 18.4 Å². The smallest absolute Gasteiger partial charge is 0.265 e. The number of rotatable bonds is 8. The molecule has 0 radical (unpaired) electrons. The molecule has 1 aromatic heterocycles. The van der Waals surface area contributed by atoms with Crippen molar-refractivity contribution in [2.75, 3.05) is 12.4 Å². The van der Waals surface area contributed by atoms with Crippen LogP contribution in [-0.2, 0) is 11.2 Å². The van der Waals surface area contributed by atoms with Crippen LogP contribution in [0.25, 0.3) is 0 Å². The number of hydrogen-bond acceptors (Lipinski definition) is 5. The van der Waals surface area contributed by atoms with Gasteiger partial charge >= 0.3 is 0 Å². The fourth-order valence-electron chi connectivity index (χ4n) is 3.07. The van der Waals surface area contributed by atoms with Crippen molar-refractivity contribution in [3.8, 4) is 11.5 Å². The van der Waals surface area contributed by atoms with Gasteiger partial charge in [0.2, 0.25) is 0 Å². The molecule has 1 atom stereocenters. The Balaban J connectivity index is 1.80. The van der Waals surface area contributed by atoms with Crippen LogP contribution in [0.4, 0.5) is 5.00 Å². The van der Waals surface area contributed by atoms with E-state index in [-0.39, 0.29) is 5.91 Å². The molecule has 7 heteroatoms. The van der Waals surface area contributed by atoms with E-state index in [2.05, 4.69) is 5.32 Å². The van der Waals surface area contributed by atoms with Crippen molar-refractivity contribution in [3.05, 3.63) is 76.2 Å². The Bertz CT molecular complexity index is 1050. The van der Waals surface area contributed by atoms with Crippen molar-refractivity contribution >= 4 is 28.2 Å². The molecule has 2 amide bonds. The number of nitrogens with one attached hydrogen (secondary N) is 1. The summed E-state index contributed by atoms with van der Waals surface area (Å²) < 4.78 is 11.0. The van der Waals surface area contributed by atoms with E-state index in [0.29, 0.717) is 28.5 Å². The summed E-state index contributed by atoms with van der Waals surface area (Å²) in [6.07, 6.45) is -0.150. The van der Waals surface area contributed by atoms with Gasteiger partial charge in [0.15, 0.2) is 17.6 Å². The van der Waals surface area contributed by atoms with Crippen LogP contribution >= 0.6 is 11.3 Å². The minimum Gasteiger partial charge on any atom is -0.493 e. The molecule has 0 saturated carbocycles. The Labute approximate surface area is 179 Å². The highest BCUT2D eigenvalue weighted by molar-refractivity contribution is 7.17. The number of ether oxygens (including phenoxy) is 2. The summed E-state index contributed by atoms with van der Waals surface area (Å²) in [5, 5.41) is 3.25. The van der Waals surface area contributed by atoms with Gasteiger partial charge in [-0.15, -0.1) is 11.3 Å². The zero-order valence-corrected chi connectivity index (χ0v) is 17.9. The van der Waals surface area contributed by atoms with Crippen LogP contribution in [0.2, 0.25) is 0 Å². The molecule has 2 aromatic carbocycles. The predicted octanol–water partition coefficient (Wildman–Crippen LogP) is 4.16. The number of primary amides is 1. The van der Waals surface area contributed by atoms with Crippen LogP contribution in [0.5, 0.6) is 11.5 Å². The summed E-state index contributed by atoms with van der Waals surface area (Å²) in [5.74, 6) is 0.0459. The maximum Gasteiger partial charge on any atom is 0.265 e. The first-order chi connectivity index (χ1) is 14.4. The minimum atomic E-state index is -0.804. The molecule has 3 rings (SSSR count). The van der Waals surface area contributed by atoms with E-state index in [4.69, 9.17) is 15.2 Å². The summed E-state index contributed by atoms with van der Waals surface area (Å²) >= 11 is 1.36. The molecular formula is C23H24N2O4S. The summed E-state index contributed by atoms with van der Waals surface area (Å²) in [7, 11) is 1.54. The quantitative estimate of drug-likeness (QED) is 0.568. The molecule has 30 heavy (non-hydrogen) atoms. The van der Waals surface area contributed by atoms with E-state index in [1.807, 2.05) is 43.3 Å². The van der Waals surface area contributed by atoms with Gasteiger partial charge in [-0.05, 0) is 37.1 Å². The molecule has 156 valence electrons. The van der Waals surface area contributed by atoms with Crippen LogP contribution in [0.3, 0.4) is 0 Å². The van der Waals surface area contributed by atoms with Gasteiger partial charge in [-0.25, -0.2) is 0 Å². The van der Waals surface area contributed by atoms with E-state index < -0.39 is 12.0 Å². The van der Waals surface area contributed by atoms with Crippen molar-refractivity contribution in [2.45, 2.75) is 26.4 Å². The Kier molecular flexibility index (Phi) is 6.74. The Morgan fingerprint density at radius 3 is 2.33 bits per heavy atom. The number of nitrogens with two attached hydrogens (primary N) is 1. The van der Waals surface area contributed by atoms with Crippen LogP contribution in [0.1, 0.15) is 33.3 Å². The highest BCUT2D eigenvalue weighted by Gasteiger charge is 2.24. The lowest BCUT2D eigenvalue weighted by molar-refractivity contribution is -0.122. The van der Waals surface area contributed by atoms with Crippen LogP contribution in [-0.4, -0.2) is 25.0 Å². The second-order valence-electron chi connectivity index (χ2n) is 6.78. The van der Waals surface area contributed by atoms with Gasteiger partial charge in [-0.3, -0.25) is 9.59 Å². The van der Waals surface area contributed by atoms with Gasteiger partial charge in [0.05, 0.1) is 12.7 Å². The Hall–Kier alpha value is -3.32. The van der Waals surface area contributed by atoms with Crippen molar-refractivity contribution in [1.29, 1.82) is 0 Å². The normalized spacial score (nSPS) is 11.6. The maximum atomic E-state index is 12.7. The monoisotopic (exact) mass is 424 g/mol. The molecule has 0 aliphatic heterocycles. The lowest BCUT2D eigenvalue weighted by Gasteiger charge is -2.16. The molecule has 0 fully saturated rings. The minimum absolute atomic E-state index is 0.337. The number of anilines is 1. The molecule has 6 nitrogen and oxygen atoms in total. The molecule has 1 heterocycles. The third-order valence-corrected chi connectivity index (χ3v) is 5.89. The fourth-order valence-corrected chi connectivity index (χ4v) is 4.32. The molecule has 3 aromatic rings. The van der Waals surface area contributed by atoms with Crippen molar-refractivity contribution in [3.63, 3.8) is 0 Å². The highest BCUT2D eigenvalue weighted by atomic mass is 32.1. The van der Waals surface area contributed by atoms with Crippen LogP contribution in [0, 0.1) is 6.92 Å². The zero-order valence-electron chi connectivity index (χ0n) is 17.1. The lowest BCUT2D eigenvalue weighted by atomic mass is 10.1. The third-order valence-electron chi connectivity index (χ3n) is 4.68. The molecule has 0 saturated heterocycles. The standard InChI is InChI=1S/C23H24N2O4S/c1-14-19(13-16-9-5-4-6-10-16)30-23(20(14)21(24)26)25-22(27)15(2)29-18-12-8-7-11-17(18)28-3/h4-12,15H,13H2,1-3H3,(H2,24,26)(H,25,27)/t15-/m1/s1. The highest BCUT2D eigenvalue weighted by Crippen LogP contribution is 2.35. The Morgan fingerprint density at radius 2 is 1.70 bits per heavy atom. The number of carbonyl (C=O) groups is 2.